The number of aryl methyl sites for hydroxylation is 2. The van der Waals surface area contributed by atoms with Crippen LogP contribution >= 0.6 is 0 Å². The summed E-state index contributed by atoms with van der Waals surface area (Å²) < 4.78 is 38.4. The van der Waals surface area contributed by atoms with Gasteiger partial charge in [0.15, 0.2) is 0 Å². The first-order chi connectivity index (χ1) is 17.5. The van der Waals surface area contributed by atoms with Gasteiger partial charge in [0.05, 0.1) is 18.6 Å². The van der Waals surface area contributed by atoms with Crippen molar-refractivity contribution in [3.05, 3.63) is 23.3 Å². The zero-order chi connectivity index (χ0) is 27.2. The zero-order valence-corrected chi connectivity index (χ0v) is 24.5. The molecule has 0 radical (unpaired) electrons. The highest BCUT2D eigenvalue weighted by Gasteiger charge is 2.28. The van der Waals surface area contributed by atoms with Crippen molar-refractivity contribution >= 4 is 15.9 Å². The summed E-state index contributed by atoms with van der Waals surface area (Å²) in [5.74, 6) is 2.29. The summed E-state index contributed by atoms with van der Waals surface area (Å²) in [7, 11) is 3.53. The van der Waals surface area contributed by atoms with Gasteiger partial charge in [-0.2, -0.15) is 4.31 Å². The van der Waals surface area contributed by atoms with Gasteiger partial charge in [-0.1, -0.05) is 0 Å². The molecule has 210 valence electrons. The molecule has 0 heterocycles. The Labute approximate surface area is 224 Å². The second-order valence-electron chi connectivity index (χ2n) is 11.1. The highest BCUT2D eigenvalue weighted by Crippen LogP contribution is 2.32. The van der Waals surface area contributed by atoms with Crippen LogP contribution in [-0.2, 0) is 19.6 Å². The molecular weight excluding hydrogens is 490 g/mol. The largest absolute Gasteiger partial charge is 0.497 e. The molecular formula is C28H47N3O5S. The third-order valence-corrected chi connectivity index (χ3v) is 10.2. The molecule has 0 saturated heterocycles. The van der Waals surface area contributed by atoms with Gasteiger partial charge >= 0.3 is 0 Å². The number of likely N-dealkylation sites (N-methyl/N-ethyl adjacent to an activating group) is 2. The minimum atomic E-state index is -3.68. The van der Waals surface area contributed by atoms with E-state index in [0.29, 0.717) is 16.9 Å². The standard InChI is InChI=1S/C28H47N3O5S/c1-21-17-26(35-6)18-22(2)28(21)37(33,34)30(4)15-16-36-20-27(32)31(5)25-11-9-23(10-12-25)13-14-29(3)19-24-7-8-24/h17-18,23-25H,7-16,19-20H2,1-6H3/t23-,25+. The number of nitrogens with zero attached hydrogens (tertiary/aromatic N) is 3. The first-order valence-corrected chi connectivity index (χ1v) is 15.1. The molecule has 3 rings (SSSR count). The number of hydrogen-bond acceptors (Lipinski definition) is 6. The van der Waals surface area contributed by atoms with Gasteiger partial charge in [0, 0.05) is 33.2 Å². The van der Waals surface area contributed by atoms with Crippen molar-refractivity contribution in [2.24, 2.45) is 11.8 Å². The Morgan fingerprint density at radius 2 is 1.54 bits per heavy atom. The monoisotopic (exact) mass is 537 g/mol. The Hall–Kier alpha value is -1.68. The molecule has 0 bridgehead atoms. The normalized spacial score (nSPS) is 20.4. The summed E-state index contributed by atoms with van der Waals surface area (Å²) in [4.78, 5) is 17.3. The first kappa shape index (κ1) is 29.9. The molecule has 0 N–H and O–H groups in total. The Kier molecular flexibility index (Phi) is 10.8. The smallest absolute Gasteiger partial charge is 0.248 e. The molecule has 1 aromatic carbocycles. The second-order valence-corrected chi connectivity index (χ2v) is 13.1. The maximum absolute atomic E-state index is 13.1. The maximum Gasteiger partial charge on any atom is 0.248 e. The predicted octanol–water partition coefficient (Wildman–Crippen LogP) is 3.70. The Bertz CT molecular complexity index is 980. The molecule has 2 fully saturated rings. The summed E-state index contributed by atoms with van der Waals surface area (Å²) in [5, 5.41) is 0. The van der Waals surface area contributed by atoms with Crippen LogP contribution in [0.4, 0.5) is 0 Å². The van der Waals surface area contributed by atoms with E-state index in [1.807, 2.05) is 11.9 Å². The van der Waals surface area contributed by atoms with E-state index in [9.17, 15) is 13.2 Å². The summed E-state index contributed by atoms with van der Waals surface area (Å²) in [6.45, 7) is 6.25. The van der Waals surface area contributed by atoms with Crippen molar-refractivity contribution in [3.63, 3.8) is 0 Å². The maximum atomic E-state index is 13.1. The number of rotatable bonds is 14. The van der Waals surface area contributed by atoms with E-state index >= 15 is 0 Å². The van der Waals surface area contributed by atoms with Crippen molar-refractivity contribution in [1.29, 1.82) is 0 Å². The van der Waals surface area contributed by atoms with Gasteiger partial charge in [-0.05, 0) is 107 Å². The molecule has 0 spiro atoms. The highest BCUT2D eigenvalue weighted by atomic mass is 32.2. The van der Waals surface area contributed by atoms with Crippen molar-refractivity contribution in [2.75, 3.05) is 61.1 Å². The number of benzene rings is 1. The molecule has 1 amide bonds. The molecule has 0 atom stereocenters. The van der Waals surface area contributed by atoms with E-state index < -0.39 is 10.0 Å². The van der Waals surface area contributed by atoms with Crippen LogP contribution in [0.15, 0.2) is 17.0 Å². The van der Waals surface area contributed by atoms with E-state index in [2.05, 4.69) is 11.9 Å². The number of carbonyl (C=O) groups excluding carboxylic acids is 1. The van der Waals surface area contributed by atoms with Crippen LogP contribution in [-0.4, -0.2) is 95.6 Å². The molecule has 0 aliphatic heterocycles. The van der Waals surface area contributed by atoms with E-state index in [0.717, 1.165) is 24.7 Å². The number of amides is 1. The third-order valence-electron chi connectivity index (χ3n) is 8.06. The van der Waals surface area contributed by atoms with E-state index in [4.69, 9.17) is 9.47 Å². The van der Waals surface area contributed by atoms with Crippen LogP contribution in [0, 0.1) is 25.7 Å². The van der Waals surface area contributed by atoms with Crippen molar-refractivity contribution < 1.29 is 22.7 Å². The zero-order valence-electron chi connectivity index (χ0n) is 23.7. The third kappa shape index (κ3) is 8.40. The van der Waals surface area contributed by atoms with Gasteiger partial charge in [-0.15, -0.1) is 0 Å². The fourth-order valence-electron chi connectivity index (χ4n) is 5.43. The number of ether oxygens (including phenoxy) is 2. The number of methoxy groups -OCH3 is 1. The molecule has 2 saturated carbocycles. The topological polar surface area (TPSA) is 79.4 Å². The fourth-order valence-corrected chi connectivity index (χ4v) is 6.98. The van der Waals surface area contributed by atoms with Crippen LogP contribution in [0.25, 0.3) is 0 Å². The molecule has 1 aromatic rings. The summed E-state index contributed by atoms with van der Waals surface area (Å²) in [6, 6.07) is 3.71. The quantitative estimate of drug-likeness (QED) is 0.337. The minimum Gasteiger partial charge on any atom is -0.497 e. The van der Waals surface area contributed by atoms with Gasteiger partial charge in [-0.3, -0.25) is 4.79 Å². The summed E-state index contributed by atoms with van der Waals surface area (Å²) >= 11 is 0. The molecule has 0 unspecified atom stereocenters. The highest BCUT2D eigenvalue weighted by molar-refractivity contribution is 7.89. The predicted molar refractivity (Wildman–Crippen MR) is 146 cm³/mol. The van der Waals surface area contributed by atoms with Gasteiger partial charge < -0.3 is 19.3 Å². The van der Waals surface area contributed by atoms with Crippen LogP contribution in [0.1, 0.15) is 56.1 Å². The SMILES string of the molecule is COc1cc(C)c(S(=O)(=O)N(C)CCOCC(=O)N(C)[C@H]2CC[C@@H](CCN(C)CC3CC3)CC2)c(C)c1. The number of sulfonamides is 1. The lowest BCUT2D eigenvalue weighted by molar-refractivity contribution is -0.137. The van der Waals surface area contributed by atoms with Crippen molar-refractivity contribution in [3.8, 4) is 5.75 Å². The molecule has 8 nitrogen and oxygen atoms in total. The average molecular weight is 538 g/mol. The van der Waals surface area contributed by atoms with Crippen LogP contribution in [0.2, 0.25) is 0 Å². The lowest BCUT2D eigenvalue weighted by atomic mass is 9.83. The van der Waals surface area contributed by atoms with Gasteiger partial charge in [0.25, 0.3) is 0 Å². The average Bonchev–Trinajstić information content (AvgIpc) is 3.68. The second kappa shape index (κ2) is 13.4. The summed E-state index contributed by atoms with van der Waals surface area (Å²) in [6.07, 6.45) is 8.49. The van der Waals surface area contributed by atoms with E-state index in [-0.39, 0.29) is 36.6 Å². The molecule has 0 aromatic heterocycles. The summed E-state index contributed by atoms with van der Waals surface area (Å²) in [5.41, 5.74) is 1.28. The number of hydrogen-bond donors (Lipinski definition) is 0. The Morgan fingerprint density at radius 1 is 0.946 bits per heavy atom. The number of carbonyl (C=O) groups is 1. The molecule has 2 aliphatic rings. The van der Waals surface area contributed by atoms with Crippen LogP contribution < -0.4 is 4.74 Å². The Morgan fingerprint density at radius 3 is 2.11 bits per heavy atom. The molecule has 37 heavy (non-hydrogen) atoms. The molecule has 9 heteroatoms. The van der Waals surface area contributed by atoms with Gasteiger partial charge in [-0.25, -0.2) is 8.42 Å². The van der Waals surface area contributed by atoms with E-state index in [1.54, 1.807) is 33.1 Å². The molecule has 2 aliphatic carbocycles. The van der Waals surface area contributed by atoms with Crippen LogP contribution in [0.5, 0.6) is 5.75 Å². The minimum absolute atomic E-state index is 0.0309. The van der Waals surface area contributed by atoms with Crippen LogP contribution in [0.3, 0.4) is 0 Å². The lowest BCUT2D eigenvalue weighted by Gasteiger charge is -2.35. The van der Waals surface area contributed by atoms with Crippen molar-refractivity contribution in [1.82, 2.24) is 14.1 Å². The van der Waals surface area contributed by atoms with Gasteiger partial charge in [0.1, 0.15) is 12.4 Å². The Balaban J connectivity index is 1.37. The van der Waals surface area contributed by atoms with Gasteiger partial charge in [0.2, 0.25) is 15.9 Å². The fraction of sp³-hybridized carbons (Fsp3) is 0.750. The van der Waals surface area contributed by atoms with E-state index in [1.165, 1.54) is 56.5 Å². The van der Waals surface area contributed by atoms with Crippen molar-refractivity contribution in [2.45, 2.75) is 69.7 Å². The first-order valence-electron chi connectivity index (χ1n) is 13.7. The lowest BCUT2D eigenvalue weighted by Crippen LogP contribution is -2.42.